The molecular formula is C18H27FN2O4. The van der Waals surface area contributed by atoms with E-state index >= 15 is 0 Å². The Morgan fingerprint density at radius 3 is 2.72 bits per heavy atom. The predicted molar refractivity (Wildman–Crippen MR) is 92.5 cm³/mol. The van der Waals surface area contributed by atoms with Crippen LogP contribution in [0.2, 0.25) is 0 Å². The lowest BCUT2D eigenvalue weighted by atomic mass is 9.92. The molecule has 0 heterocycles. The van der Waals surface area contributed by atoms with E-state index in [-0.39, 0.29) is 24.0 Å². The first-order valence-electron chi connectivity index (χ1n) is 8.51. The van der Waals surface area contributed by atoms with Gasteiger partial charge in [0, 0.05) is 25.6 Å². The maximum Gasteiger partial charge on any atom is 0.410 e. The molecule has 1 amide bonds. The van der Waals surface area contributed by atoms with Gasteiger partial charge in [0.15, 0.2) is 0 Å². The second-order valence-corrected chi connectivity index (χ2v) is 7.40. The maximum atomic E-state index is 13.4. The minimum Gasteiger partial charge on any atom is -0.488 e. The Balaban J connectivity index is 2.01. The number of nitrogens with one attached hydrogen (secondary N) is 1. The van der Waals surface area contributed by atoms with Crippen LogP contribution < -0.4 is 10.2 Å². The molecule has 1 aromatic carbocycles. The minimum absolute atomic E-state index is 0.00676. The summed E-state index contributed by atoms with van der Waals surface area (Å²) in [5, 5.41) is 9.14. The molecule has 0 aromatic heterocycles. The normalized spacial score (nSPS) is 20.7. The average Bonchev–Trinajstić information content (AvgIpc) is 2.53. The van der Waals surface area contributed by atoms with E-state index in [1.165, 1.54) is 18.2 Å². The first-order valence-corrected chi connectivity index (χ1v) is 8.51. The lowest BCUT2D eigenvalue weighted by Crippen LogP contribution is -2.44. The number of carbonyl (C=O) groups excluding carboxylic acids is 1. The first-order chi connectivity index (χ1) is 11.7. The number of anilines is 1. The lowest BCUT2D eigenvalue weighted by Gasteiger charge is -2.36. The molecule has 0 aliphatic heterocycles. The van der Waals surface area contributed by atoms with Crippen molar-refractivity contribution in [2.24, 2.45) is 0 Å². The van der Waals surface area contributed by atoms with Crippen LogP contribution in [0.5, 0.6) is 5.75 Å². The first kappa shape index (κ1) is 19.3. The largest absolute Gasteiger partial charge is 0.488 e. The van der Waals surface area contributed by atoms with Gasteiger partial charge in [-0.25, -0.2) is 9.18 Å². The zero-order valence-electron chi connectivity index (χ0n) is 15.2. The van der Waals surface area contributed by atoms with Crippen molar-refractivity contribution in [3.8, 4) is 5.75 Å². The third-order valence-corrected chi connectivity index (χ3v) is 4.19. The number of hydrogen-bond donors (Lipinski definition) is 2. The van der Waals surface area contributed by atoms with E-state index in [4.69, 9.17) is 14.7 Å². The second-order valence-electron chi connectivity index (χ2n) is 7.40. The molecular weight excluding hydrogens is 327 g/mol. The summed E-state index contributed by atoms with van der Waals surface area (Å²) < 4.78 is 24.7. The van der Waals surface area contributed by atoms with Gasteiger partial charge in [0.1, 0.15) is 29.0 Å². The Kier molecular flexibility index (Phi) is 6.11. The molecule has 1 aromatic rings. The van der Waals surface area contributed by atoms with E-state index in [1.54, 1.807) is 11.9 Å². The standard InChI is InChI=1S/C18H27FN2O4/c1-18(2,3)25-17(22)21(4)13-6-5-7-14(11-13)24-16-10-12(19)8-9-15(16)20-23/h8-10,13-14,20,23H,5-7,11H2,1-4H3. The Labute approximate surface area is 147 Å². The summed E-state index contributed by atoms with van der Waals surface area (Å²) in [6.07, 6.45) is 2.65. The highest BCUT2D eigenvalue weighted by atomic mass is 19.1. The van der Waals surface area contributed by atoms with Crippen LogP contribution in [0.1, 0.15) is 46.5 Å². The molecule has 0 saturated heterocycles. The molecule has 2 N–H and O–H groups in total. The van der Waals surface area contributed by atoms with Gasteiger partial charge in [0.2, 0.25) is 0 Å². The highest BCUT2D eigenvalue weighted by Crippen LogP contribution is 2.31. The van der Waals surface area contributed by atoms with Gasteiger partial charge in [0.25, 0.3) is 0 Å². The molecule has 1 fully saturated rings. The van der Waals surface area contributed by atoms with Crippen molar-refractivity contribution in [3.05, 3.63) is 24.0 Å². The molecule has 2 rings (SSSR count). The highest BCUT2D eigenvalue weighted by molar-refractivity contribution is 5.68. The molecule has 0 bridgehead atoms. The maximum absolute atomic E-state index is 13.4. The molecule has 140 valence electrons. The average molecular weight is 354 g/mol. The van der Waals surface area contributed by atoms with Crippen molar-refractivity contribution in [2.75, 3.05) is 12.5 Å². The number of rotatable bonds is 4. The van der Waals surface area contributed by atoms with Crippen LogP contribution in [0.15, 0.2) is 18.2 Å². The van der Waals surface area contributed by atoms with Crippen LogP contribution in [0, 0.1) is 5.82 Å². The molecule has 6 nitrogen and oxygen atoms in total. The number of nitrogens with zero attached hydrogens (tertiary/aromatic N) is 1. The molecule has 1 aliphatic carbocycles. The van der Waals surface area contributed by atoms with Crippen molar-refractivity contribution >= 4 is 11.8 Å². The zero-order chi connectivity index (χ0) is 18.6. The molecule has 0 radical (unpaired) electrons. The molecule has 7 heteroatoms. The van der Waals surface area contributed by atoms with Crippen molar-refractivity contribution in [3.63, 3.8) is 0 Å². The van der Waals surface area contributed by atoms with Gasteiger partial charge in [-0.3, -0.25) is 10.7 Å². The Bertz CT molecular complexity index is 603. The molecule has 2 atom stereocenters. The molecule has 0 spiro atoms. The predicted octanol–water partition coefficient (Wildman–Crippen LogP) is 4.18. The fourth-order valence-electron chi connectivity index (χ4n) is 2.93. The van der Waals surface area contributed by atoms with Crippen LogP contribution >= 0.6 is 0 Å². The van der Waals surface area contributed by atoms with E-state index in [9.17, 15) is 9.18 Å². The highest BCUT2D eigenvalue weighted by Gasteiger charge is 2.31. The summed E-state index contributed by atoms with van der Waals surface area (Å²) in [5.74, 6) is -0.180. The van der Waals surface area contributed by atoms with E-state index < -0.39 is 11.4 Å². The van der Waals surface area contributed by atoms with Crippen LogP contribution in [-0.4, -0.2) is 41.0 Å². The summed E-state index contributed by atoms with van der Waals surface area (Å²) in [7, 11) is 1.73. The third kappa shape index (κ3) is 5.49. The fraction of sp³-hybridized carbons (Fsp3) is 0.611. The zero-order valence-corrected chi connectivity index (χ0v) is 15.2. The van der Waals surface area contributed by atoms with Crippen molar-refractivity contribution < 1.29 is 23.9 Å². The van der Waals surface area contributed by atoms with Gasteiger partial charge in [-0.15, -0.1) is 0 Å². The molecule has 2 unspecified atom stereocenters. The summed E-state index contributed by atoms with van der Waals surface area (Å²) in [4.78, 5) is 13.8. The third-order valence-electron chi connectivity index (χ3n) is 4.19. The number of ether oxygens (including phenoxy) is 2. The van der Waals surface area contributed by atoms with Crippen LogP contribution in [0.25, 0.3) is 0 Å². The second kappa shape index (κ2) is 7.91. The van der Waals surface area contributed by atoms with Crippen molar-refractivity contribution in [2.45, 2.75) is 64.2 Å². The lowest BCUT2D eigenvalue weighted by molar-refractivity contribution is 0.0117. The van der Waals surface area contributed by atoms with Gasteiger partial charge in [-0.2, -0.15) is 0 Å². The number of halogens is 1. The summed E-state index contributed by atoms with van der Waals surface area (Å²) in [6, 6.07) is 3.89. The van der Waals surface area contributed by atoms with Gasteiger partial charge in [-0.1, -0.05) is 0 Å². The quantitative estimate of drug-likeness (QED) is 0.794. The van der Waals surface area contributed by atoms with Crippen LogP contribution in [0.3, 0.4) is 0 Å². The molecule has 25 heavy (non-hydrogen) atoms. The molecule has 1 aliphatic rings. The van der Waals surface area contributed by atoms with Gasteiger partial charge in [-0.05, 0) is 52.2 Å². The molecule has 1 saturated carbocycles. The van der Waals surface area contributed by atoms with E-state index in [1.807, 2.05) is 26.3 Å². The number of carbonyl (C=O) groups is 1. The fourth-order valence-corrected chi connectivity index (χ4v) is 2.93. The Morgan fingerprint density at radius 2 is 2.08 bits per heavy atom. The smallest absolute Gasteiger partial charge is 0.410 e. The topological polar surface area (TPSA) is 71.0 Å². The van der Waals surface area contributed by atoms with E-state index in [0.29, 0.717) is 12.1 Å². The van der Waals surface area contributed by atoms with Crippen LogP contribution in [0.4, 0.5) is 14.9 Å². The van der Waals surface area contributed by atoms with Crippen LogP contribution in [-0.2, 0) is 4.74 Å². The monoisotopic (exact) mass is 354 g/mol. The SMILES string of the molecule is CN(C(=O)OC(C)(C)C)C1CCCC(Oc2cc(F)ccc2NO)C1. The van der Waals surface area contributed by atoms with Gasteiger partial charge in [0.05, 0.1) is 0 Å². The number of amides is 1. The van der Waals surface area contributed by atoms with Crippen molar-refractivity contribution in [1.82, 2.24) is 4.90 Å². The minimum atomic E-state index is -0.542. The Hall–Kier alpha value is -2.02. The van der Waals surface area contributed by atoms with Gasteiger partial charge < -0.3 is 14.4 Å². The summed E-state index contributed by atoms with van der Waals surface area (Å²) in [5.41, 5.74) is 1.78. The van der Waals surface area contributed by atoms with Gasteiger partial charge >= 0.3 is 6.09 Å². The number of hydrogen-bond acceptors (Lipinski definition) is 5. The van der Waals surface area contributed by atoms with E-state index in [2.05, 4.69) is 0 Å². The van der Waals surface area contributed by atoms with Crippen molar-refractivity contribution in [1.29, 1.82) is 0 Å². The number of benzene rings is 1. The summed E-state index contributed by atoms with van der Waals surface area (Å²) >= 11 is 0. The summed E-state index contributed by atoms with van der Waals surface area (Å²) in [6.45, 7) is 5.50. The Morgan fingerprint density at radius 1 is 1.36 bits per heavy atom. The van der Waals surface area contributed by atoms with E-state index in [0.717, 1.165) is 19.3 Å².